The molecule has 0 spiro atoms. The molecule has 3 heterocycles. The first-order valence-electron chi connectivity index (χ1n) is 8.26. The van der Waals surface area contributed by atoms with Crippen LogP contribution in [-0.4, -0.2) is 78.7 Å². The second kappa shape index (κ2) is 8.61. The van der Waals surface area contributed by atoms with E-state index in [9.17, 15) is 4.79 Å². The van der Waals surface area contributed by atoms with Gasteiger partial charge in [-0.3, -0.25) is 10.2 Å². The number of carbonyl (C=O) groups excluding carboxylic acids is 1. The summed E-state index contributed by atoms with van der Waals surface area (Å²) < 4.78 is 10.8. The molecule has 0 saturated carbocycles. The Kier molecular flexibility index (Phi) is 6.24. The third kappa shape index (κ3) is 4.69. The normalized spacial score (nSPS) is 19.6. The SMILES string of the molecule is CC(Sc1nc(N2CCOCC2)nc(N2CCOCC2)n1)C(=O)NN. The lowest BCUT2D eigenvalue weighted by Gasteiger charge is -2.30. The molecular weight excluding hydrogens is 346 g/mol. The number of nitrogens with two attached hydrogens (primary N) is 1. The van der Waals surface area contributed by atoms with Gasteiger partial charge >= 0.3 is 0 Å². The van der Waals surface area contributed by atoms with Crippen LogP contribution >= 0.6 is 11.8 Å². The zero-order valence-electron chi connectivity index (χ0n) is 14.2. The van der Waals surface area contributed by atoms with Gasteiger partial charge in [0.2, 0.25) is 17.8 Å². The molecule has 3 rings (SSSR count). The quantitative estimate of drug-likeness (QED) is 0.290. The summed E-state index contributed by atoms with van der Waals surface area (Å²) in [6, 6.07) is 0. The van der Waals surface area contributed by atoms with Gasteiger partial charge in [0, 0.05) is 26.2 Å². The molecule has 2 fully saturated rings. The molecule has 0 bridgehead atoms. The molecule has 1 amide bonds. The van der Waals surface area contributed by atoms with Crippen LogP contribution in [0.4, 0.5) is 11.9 Å². The van der Waals surface area contributed by atoms with Gasteiger partial charge in [-0.1, -0.05) is 11.8 Å². The van der Waals surface area contributed by atoms with Crippen LogP contribution in [0.1, 0.15) is 6.92 Å². The molecular formula is C14H23N7O3S. The van der Waals surface area contributed by atoms with E-state index in [-0.39, 0.29) is 5.91 Å². The van der Waals surface area contributed by atoms with E-state index in [4.69, 9.17) is 15.3 Å². The zero-order chi connectivity index (χ0) is 17.6. The molecule has 1 atom stereocenters. The maximum atomic E-state index is 11.7. The molecule has 0 aromatic carbocycles. The van der Waals surface area contributed by atoms with E-state index in [2.05, 4.69) is 30.2 Å². The standard InChI is InChI=1S/C14H23N7O3S/c1-10(11(22)19-15)25-14-17-12(20-2-6-23-7-3-20)16-13(18-14)21-4-8-24-9-5-21/h10H,2-9,15H2,1H3,(H,19,22). The molecule has 2 aliphatic heterocycles. The van der Waals surface area contributed by atoms with Crippen molar-refractivity contribution < 1.29 is 14.3 Å². The fourth-order valence-electron chi connectivity index (χ4n) is 2.53. The average Bonchev–Trinajstić information content (AvgIpc) is 2.68. The molecule has 11 heteroatoms. The number of amides is 1. The molecule has 10 nitrogen and oxygen atoms in total. The predicted molar refractivity (Wildman–Crippen MR) is 93.5 cm³/mol. The Bertz CT molecular complexity index is 558. The van der Waals surface area contributed by atoms with E-state index in [1.165, 1.54) is 11.8 Å². The number of thioether (sulfide) groups is 1. The first-order chi connectivity index (χ1) is 12.2. The van der Waals surface area contributed by atoms with Crippen molar-refractivity contribution in [2.75, 3.05) is 62.4 Å². The van der Waals surface area contributed by atoms with Crippen LogP contribution in [0.25, 0.3) is 0 Å². The van der Waals surface area contributed by atoms with E-state index >= 15 is 0 Å². The molecule has 3 N–H and O–H groups in total. The number of carbonyl (C=O) groups is 1. The van der Waals surface area contributed by atoms with Crippen LogP contribution in [0, 0.1) is 0 Å². The van der Waals surface area contributed by atoms with Crippen molar-refractivity contribution in [1.29, 1.82) is 0 Å². The number of hydrazine groups is 1. The maximum Gasteiger partial charge on any atom is 0.247 e. The number of nitrogens with one attached hydrogen (secondary N) is 1. The maximum absolute atomic E-state index is 11.7. The number of rotatable bonds is 5. The van der Waals surface area contributed by atoms with Crippen LogP contribution in [0.5, 0.6) is 0 Å². The van der Waals surface area contributed by atoms with E-state index in [0.717, 1.165) is 26.2 Å². The van der Waals surface area contributed by atoms with Gasteiger partial charge in [0.05, 0.1) is 31.7 Å². The lowest BCUT2D eigenvalue weighted by atomic mass is 10.4. The Morgan fingerprint density at radius 3 is 1.96 bits per heavy atom. The van der Waals surface area contributed by atoms with E-state index in [1.54, 1.807) is 6.92 Å². The fraction of sp³-hybridized carbons (Fsp3) is 0.714. The lowest BCUT2D eigenvalue weighted by Crippen LogP contribution is -2.40. The van der Waals surface area contributed by atoms with Crippen LogP contribution in [0.3, 0.4) is 0 Å². The minimum absolute atomic E-state index is 0.272. The van der Waals surface area contributed by atoms with E-state index in [1.807, 2.05) is 0 Å². The summed E-state index contributed by atoms with van der Waals surface area (Å²) >= 11 is 1.26. The van der Waals surface area contributed by atoms with Crippen molar-refractivity contribution >= 4 is 29.6 Å². The third-order valence-electron chi connectivity index (χ3n) is 3.97. The number of anilines is 2. The summed E-state index contributed by atoms with van der Waals surface area (Å²) in [7, 11) is 0. The fourth-order valence-corrected chi connectivity index (χ4v) is 3.29. The number of aromatic nitrogens is 3. The number of morpholine rings is 2. The Morgan fingerprint density at radius 1 is 1.04 bits per heavy atom. The molecule has 138 valence electrons. The highest BCUT2D eigenvalue weighted by Crippen LogP contribution is 2.24. The Hall–Kier alpha value is -1.69. The summed E-state index contributed by atoms with van der Waals surface area (Å²) in [5, 5.41) is 0.108. The number of ether oxygens (including phenoxy) is 2. The number of hydrogen-bond acceptors (Lipinski definition) is 10. The van der Waals surface area contributed by atoms with Crippen molar-refractivity contribution in [2.24, 2.45) is 5.84 Å². The van der Waals surface area contributed by atoms with Crippen molar-refractivity contribution in [1.82, 2.24) is 20.4 Å². The first kappa shape index (κ1) is 18.1. The Morgan fingerprint density at radius 2 is 1.52 bits per heavy atom. The van der Waals surface area contributed by atoms with E-state index < -0.39 is 5.25 Å². The van der Waals surface area contributed by atoms with Crippen molar-refractivity contribution in [3.05, 3.63) is 0 Å². The minimum Gasteiger partial charge on any atom is -0.378 e. The van der Waals surface area contributed by atoms with E-state index in [0.29, 0.717) is 43.5 Å². The largest absolute Gasteiger partial charge is 0.378 e. The highest BCUT2D eigenvalue weighted by atomic mass is 32.2. The highest BCUT2D eigenvalue weighted by molar-refractivity contribution is 8.00. The summed E-state index contributed by atoms with van der Waals surface area (Å²) in [5.41, 5.74) is 2.16. The summed E-state index contributed by atoms with van der Waals surface area (Å²) in [6.45, 7) is 7.27. The lowest BCUT2D eigenvalue weighted by molar-refractivity contribution is -0.120. The number of nitrogens with zero attached hydrogens (tertiary/aromatic N) is 5. The van der Waals surface area contributed by atoms with Crippen molar-refractivity contribution in [3.8, 4) is 0 Å². The van der Waals surface area contributed by atoms with Crippen LogP contribution in [-0.2, 0) is 14.3 Å². The van der Waals surface area contributed by atoms with Crippen LogP contribution in [0.15, 0.2) is 5.16 Å². The molecule has 0 aliphatic carbocycles. The minimum atomic E-state index is -0.400. The van der Waals surface area contributed by atoms with Gasteiger partial charge < -0.3 is 19.3 Å². The second-order valence-electron chi connectivity index (χ2n) is 5.69. The predicted octanol–water partition coefficient (Wildman–Crippen LogP) is -0.985. The Labute approximate surface area is 150 Å². The summed E-state index contributed by atoms with van der Waals surface area (Å²) in [5.74, 6) is 6.17. The highest BCUT2D eigenvalue weighted by Gasteiger charge is 2.22. The van der Waals surface area contributed by atoms with Gasteiger partial charge in [0.15, 0.2) is 5.16 Å². The van der Waals surface area contributed by atoms with Gasteiger partial charge in [-0.05, 0) is 6.92 Å². The van der Waals surface area contributed by atoms with Gasteiger partial charge in [0.1, 0.15) is 0 Å². The van der Waals surface area contributed by atoms with Crippen LogP contribution < -0.4 is 21.1 Å². The molecule has 2 aliphatic rings. The van der Waals surface area contributed by atoms with Gasteiger partial charge in [-0.2, -0.15) is 15.0 Å². The molecule has 1 unspecified atom stereocenters. The monoisotopic (exact) mass is 369 g/mol. The first-order valence-corrected chi connectivity index (χ1v) is 9.14. The van der Waals surface area contributed by atoms with Crippen molar-refractivity contribution in [2.45, 2.75) is 17.3 Å². The third-order valence-corrected chi connectivity index (χ3v) is 4.93. The molecule has 0 radical (unpaired) electrons. The smallest absolute Gasteiger partial charge is 0.247 e. The summed E-state index contributed by atoms with van der Waals surface area (Å²) in [4.78, 5) is 29.6. The second-order valence-corrected chi connectivity index (χ2v) is 6.99. The molecule has 1 aromatic heterocycles. The number of hydrogen-bond donors (Lipinski definition) is 2. The molecule has 2 saturated heterocycles. The zero-order valence-corrected chi connectivity index (χ0v) is 15.0. The molecule has 25 heavy (non-hydrogen) atoms. The van der Waals surface area contributed by atoms with Gasteiger partial charge in [-0.25, -0.2) is 5.84 Å². The molecule has 1 aromatic rings. The van der Waals surface area contributed by atoms with Crippen molar-refractivity contribution in [3.63, 3.8) is 0 Å². The summed E-state index contributed by atoms with van der Waals surface area (Å²) in [6.07, 6.45) is 0. The van der Waals surface area contributed by atoms with Gasteiger partial charge in [-0.15, -0.1) is 0 Å². The van der Waals surface area contributed by atoms with Gasteiger partial charge in [0.25, 0.3) is 0 Å². The topological polar surface area (TPSA) is 119 Å². The Balaban J connectivity index is 1.85. The average molecular weight is 369 g/mol. The van der Waals surface area contributed by atoms with Crippen LogP contribution in [0.2, 0.25) is 0 Å².